The van der Waals surface area contributed by atoms with E-state index in [9.17, 15) is 0 Å². The predicted octanol–water partition coefficient (Wildman–Crippen LogP) is 3.72. The summed E-state index contributed by atoms with van der Waals surface area (Å²) in [4.78, 5) is 2.59. The number of halogens is 1. The molecule has 0 amide bonds. The van der Waals surface area contributed by atoms with Crippen LogP contribution in [0.4, 0.5) is 11.4 Å². The Labute approximate surface area is 111 Å². The first-order valence-electron chi connectivity index (χ1n) is 6.47. The summed E-state index contributed by atoms with van der Waals surface area (Å²) in [6.45, 7) is 3.32. The second-order valence-corrected chi connectivity index (χ2v) is 6.34. The van der Waals surface area contributed by atoms with Gasteiger partial charge < -0.3 is 10.6 Å². The lowest BCUT2D eigenvalue weighted by molar-refractivity contribution is 0.717. The molecule has 2 N–H and O–H groups in total. The summed E-state index contributed by atoms with van der Waals surface area (Å²) in [5, 5.41) is 0. The van der Waals surface area contributed by atoms with Crippen molar-refractivity contribution in [1.29, 1.82) is 0 Å². The zero-order valence-electron chi connectivity index (χ0n) is 10.2. The highest BCUT2D eigenvalue weighted by Gasteiger charge is 2.34. The predicted molar refractivity (Wildman–Crippen MR) is 76.4 cm³/mol. The van der Waals surface area contributed by atoms with Crippen molar-refractivity contribution >= 4 is 27.3 Å². The number of hydrogen-bond donors (Lipinski definition) is 1. The van der Waals surface area contributed by atoms with Crippen LogP contribution in [0, 0.1) is 12.8 Å². The number of anilines is 2. The van der Waals surface area contributed by atoms with Gasteiger partial charge in [0.05, 0.1) is 5.69 Å². The van der Waals surface area contributed by atoms with Gasteiger partial charge in [0, 0.05) is 22.7 Å². The van der Waals surface area contributed by atoms with Gasteiger partial charge in [-0.05, 0) is 72.2 Å². The van der Waals surface area contributed by atoms with E-state index < -0.39 is 0 Å². The van der Waals surface area contributed by atoms with Gasteiger partial charge in [-0.25, -0.2) is 0 Å². The van der Waals surface area contributed by atoms with Crippen molar-refractivity contribution in [2.24, 2.45) is 5.92 Å². The van der Waals surface area contributed by atoms with Crippen molar-refractivity contribution in [1.82, 2.24) is 0 Å². The minimum atomic E-state index is 0.773. The van der Waals surface area contributed by atoms with Crippen LogP contribution < -0.4 is 10.6 Å². The summed E-state index contributed by atoms with van der Waals surface area (Å²) in [6, 6.07) is 5.06. The topological polar surface area (TPSA) is 29.3 Å². The largest absolute Gasteiger partial charge is 0.398 e. The molecule has 0 aromatic heterocycles. The molecule has 0 saturated heterocycles. The fourth-order valence-electron chi connectivity index (χ4n) is 2.31. The van der Waals surface area contributed by atoms with Crippen LogP contribution in [0.1, 0.15) is 31.2 Å². The van der Waals surface area contributed by atoms with E-state index in [2.05, 4.69) is 33.8 Å². The van der Waals surface area contributed by atoms with Crippen molar-refractivity contribution in [2.75, 3.05) is 17.2 Å². The van der Waals surface area contributed by atoms with E-state index in [1.54, 1.807) is 0 Å². The number of hydrogen-bond acceptors (Lipinski definition) is 2. The summed E-state index contributed by atoms with van der Waals surface area (Å²) >= 11 is 3.67. The Morgan fingerprint density at radius 1 is 1.29 bits per heavy atom. The van der Waals surface area contributed by atoms with Gasteiger partial charge in [0.25, 0.3) is 0 Å². The highest BCUT2D eigenvalue weighted by atomic mass is 79.9. The molecular formula is C14H19BrN2. The molecule has 3 rings (SSSR count). The number of nitrogens with zero attached hydrogens (tertiary/aromatic N) is 1. The van der Waals surface area contributed by atoms with E-state index in [4.69, 9.17) is 5.73 Å². The van der Waals surface area contributed by atoms with Gasteiger partial charge in [-0.2, -0.15) is 0 Å². The van der Waals surface area contributed by atoms with E-state index >= 15 is 0 Å². The third-order valence-corrected chi connectivity index (χ3v) is 4.42. The minimum Gasteiger partial charge on any atom is -0.398 e. The maximum absolute atomic E-state index is 5.95. The Kier molecular flexibility index (Phi) is 2.81. The first-order chi connectivity index (χ1) is 8.15. The Bertz CT molecular complexity index is 436. The van der Waals surface area contributed by atoms with Crippen LogP contribution >= 0.6 is 15.9 Å². The fraction of sp³-hybridized carbons (Fsp3) is 0.571. The molecule has 0 spiro atoms. The van der Waals surface area contributed by atoms with Crippen LogP contribution in [-0.2, 0) is 0 Å². The molecule has 0 unspecified atom stereocenters. The van der Waals surface area contributed by atoms with Crippen LogP contribution in [0.2, 0.25) is 0 Å². The number of rotatable bonds is 4. The van der Waals surface area contributed by atoms with E-state index in [1.807, 2.05) is 6.07 Å². The molecule has 3 heteroatoms. The molecule has 0 atom stereocenters. The third-order valence-electron chi connectivity index (χ3n) is 3.78. The Balaban J connectivity index is 1.90. The molecule has 0 heterocycles. The molecule has 0 aliphatic heterocycles. The maximum atomic E-state index is 5.95. The standard InChI is InChI=1S/C14H19BrN2/c1-9-6-14(12(15)7-13(9)16)17(11-4-5-11)8-10-2-3-10/h6-7,10-11H,2-5,8,16H2,1H3. The van der Waals surface area contributed by atoms with Crippen LogP contribution in [0.5, 0.6) is 0 Å². The molecule has 2 aliphatic carbocycles. The van der Waals surface area contributed by atoms with Gasteiger partial charge in [0.1, 0.15) is 0 Å². The van der Waals surface area contributed by atoms with Gasteiger partial charge in [-0.1, -0.05) is 0 Å². The lowest BCUT2D eigenvalue weighted by Crippen LogP contribution is -2.28. The summed E-state index contributed by atoms with van der Waals surface area (Å²) in [5.41, 5.74) is 9.35. The summed E-state index contributed by atoms with van der Waals surface area (Å²) in [6.07, 6.45) is 5.52. The molecule has 2 fully saturated rings. The van der Waals surface area contributed by atoms with Crippen molar-refractivity contribution in [3.05, 3.63) is 22.2 Å². The van der Waals surface area contributed by atoms with Crippen LogP contribution in [0.15, 0.2) is 16.6 Å². The molecule has 17 heavy (non-hydrogen) atoms. The summed E-state index contributed by atoms with van der Waals surface area (Å²) in [5.74, 6) is 0.931. The van der Waals surface area contributed by atoms with E-state index in [1.165, 1.54) is 43.5 Å². The average molecular weight is 295 g/mol. The third kappa shape index (κ3) is 2.44. The maximum Gasteiger partial charge on any atom is 0.0517 e. The minimum absolute atomic E-state index is 0.773. The Hall–Kier alpha value is -0.700. The highest BCUT2D eigenvalue weighted by molar-refractivity contribution is 9.10. The molecule has 1 aromatic rings. The molecule has 0 radical (unpaired) electrons. The van der Waals surface area contributed by atoms with Gasteiger partial charge in [-0.3, -0.25) is 0 Å². The second kappa shape index (κ2) is 4.20. The quantitative estimate of drug-likeness (QED) is 0.858. The molecular weight excluding hydrogens is 276 g/mol. The molecule has 2 nitrogen and oxygen atoms in total. The highest BCUT2D eigenvalue weighted by Crippen LogP contribution is 2.41. The van der Waals surface area contributed by atoms with Crippen LogP contribution in [0.3, 0.4) is 0 Å². The number of nitrogen functional groups attached to an aromatic ring is 1. The van der Waals surface area contributed by atoms with Gasteiger partial charge >= 0.3 is 0 Å². The molecule has 2 saturated carbocycles. The first-order valence-corrected chi connectivity index (χ1v) is 7.26. The second-order valence-electron chi connectivity index (χ2n) is 5.49. The lowest BCUT2D eigenvalue weighted by atomic mass is 10.1. The first kappa shape index (κ1) is 11.4. The fourth-order valence-corrected chi connectivity index (χ4v) is 2.90. The van der Waals surface area contributed by atoms with Crippen LogP contribution in [-0.4, -0.2) is 12.6 Å². The van der Waals surface area contributed by atoms with Gasteiger partial charge in [0.15, 0.2) is 0 Å². The Morgan fingerprint density at radius 3 is 2.59 bits per heavy atom. The molecule has 0 bridgehead atoms. The molecule has 92 valence electrons. The normalized spacial score (nSPS) is 19.4. The summed E-state index contributed by atoms with van der Waals surface area (Å²) < 4.78 is 1.15. The number of nitrogens with two attached hydrogens (primary N) is 1. The molecule has 1 aromatic carbocycles. The van der Waals surface area contributed by atoms with Gasteiger partial charge in [0.2, 0.25) is 0 Å². The van der Waals surface area contributed by atoms with Crippen molar-refractivity contribution in [3.63, 3.8) is 0 Å². The lowest BCUT2D eigenvalue weighted by Gasteiger charge is -2.26. The summed E-state index contributed by atoms with van der Waals surface area (Å²) in [7, 11) is 0. The van der Waals surface area contributed by atoms with Crippen LogP contribution in [0.25, 0.3) is 0 Å². The van der Waals surface area contributed by atoms with Crippen molar-refractivity contribution in [2.45, 2.75) is 38.6 Å². The monoisotopic (exact) mass is 294 g/mol. The number of benzene rings is 1. The zero-order valence-corrected chi connectivity index (χ0v) is 11.8. The number of aryl methyl sites for hydroxylation is 1. The smallest absolute Gasteiger partial charge is 0.0517 e. The average Bonchev–Trinajstić information content (AvgIpc) is 3.14. The van der Waals surface area contributed by atoms with E-state index in [0.29, 0.717) is 0 Å². The van der Waals surface area contributed by atoms with E-state index in [-0.39, 0.29) is 0 Å². The Morgan fingerprint density at radius 2 is 2.00 bits per heavy atom. The van der Waals surface area contributed by atoms with Gasteiger partial charge in [-0.15, -0.1) is 0 Å². The SMILES string of the molecule is Cc1cc(N(CC2CC2)C2CC2)c(Br)cc1N. The zero-order chi connectivity index (χ0) is 12.0. The molecule has 2 aliphatic rings. The van der Waals surface area contributed by atoms with Crippen molar-refractivity contribution < 1.29 is 0 Å². The van der Waals surface area contributed by atoms with Crippen molar-refractivity contribution in [3.8, 4) is 0 Å². The van der Waals surface area contributed by atoms with E-state index in [0.717, 1.165) is 22.1 Å².